The van der Waals surface area contributed by atoms with Crippen molar-refractivity contribution in [2.45, 2.75) is 13.8 Å². The lowest BCUT2D eigenvalue weighted by molar-refractivity contribution is -0.386. The minimum absolute atomic E-state index is 0.0376. The zero-order valence-corrected chi connectivity index (χ0v) is 11.4. The molecule has 0 aliphatic carbocycles. The SMILES string of the molecule is Cc1nn(-c2nc3ccccc3nc2N)c(C)c1[N+](=O)[O-]. The van der Waals surface area contributed by atoms with Gasteiger partial charge < -0.3 is 5.73 Å². The number of aryl methyl sites for hydroxylation is 1. The van der Waals surface area contributed by atoms with E-state index < -0.39 is 4.92 Å². The Bertz CT molecular complexity index is 870. The monoisotopic (exact) mass is 284 g/mol. The number of nitrogens with zero attached hydrogens (tertiary/aromatic N) is 5. The van der Waals surface area contributed by atoms with Crippen molar-refractivity contribution in [3.05, 3.63) is 45.8 Å². The van der Waals surface area contributed by atoms with Gasteiger partial charge in [0.15, 0.2) is 11.6 Å². The third kappa shape index (κ3) is 1.97. The third-order valence-corrected chi connectivity index (χ3v) is 3.21. The number of hydrogen-bond acceptors (Lipinski definition) is 6. The molecule has 0 saturated carbocycles. The van der Waals surface area contributed by atoms with E-state index in [1.54, 1.807) is 26.0 Å². The van der Waals surface area contributed by atoms with Crippen molar-refractivity contribution in [3.63, 3.8) is 0 Å². The predicted octanol–water partition coefficient (Wildman–Crippen LogP) is 1.92. The average molecular weight is 284 g/mol. The van der Waals surface area contributed by atoms with Gasteiger partial charge in [0, 0.05) is 0 Å². The summed E-state index contributed by atoms with van der Waals surface area (Å²) in [4.78, 5) is 19.3. The van der Waals surface area contributed by atoms with Crippen molar-refractivity contribution in [1.82, 2.24) is 19.7 Å². The van der Waals surface area contributed by atoms with Crippen LogP contribution in [0.25, 0.3) is 16.9 Å². The number of para-hydroxylation sites is 2. The van der Waals surface area contributed by atoms with Gasteiger partial charge in [0.25, 0.3) is 0 Å². The van der Waals surface area contributed by atoms with Gasteiger partial charge in [-0.25, -0.2) is 14.6 Å². The van der Waals surface area contributed by atoms with E-state index in [0.717, 1.165) is 0 Å². The lowest BCUT2D eigenvalue weighted by atomic mass is 10.3. The van der Waals surface area contributed by atoms with Crippen molar-refractivity contribution in [2.75, 3.05) is 5.73 Å². The molecular weight excluding hydrogens is 272 g/mol. The number of rotatable bonds is 2. The molecule has 0 aliphatic heterocycles. The Morgan fingerprint density at radius 3 is 2.38 bits per heavy atom. The molecule has 0 atom stereocenters. The van der Waals surface area contributed by atoms with Gasteiger partial charge >= 0.3 is 5.69 Å². The standard InChI is InChI=1S/C13H12N6O2/c1-7-11(19(20)21)8(2)18(17-7)13-12(14)15-9-5-3-4-6-10(9)16-13/h3-6H,1-2H3,(H2,14,15). The van der Waals surface area contributed by atoms with Gasteiger partial charge in [-0.05, 0) is 26.0 Å². The number of fused-ring (bicyclic) bond motifs is 1. The smallest absolute Gasteiger partial charge is 0.313 e. The van der Waals surface area contributed by atoms with Crippen LogP contribution >= 0.6 is 0 Å². The Morgan fingerprint density at radius 2 is 1.81 bits per heavy atom. The van der Waals surface area contributed by atoms with Crippen LogP contribution in [0.3, 0.4) is 0 Å². The van der Waals surface area contributed by atoms with Crippen molar-refractivity contribution in [2.24, 2.45) is 0 Å². The molecule has 3 aromatic rings. The molecule has 21 heavy (non-hydrogen) atoms. The maximum atomic E-state index is 11.1. The average Bonchev–Trinajstić information content (AvgIpc) is 2.73. The van der Waals surface area contributed by atoms with Crippen molar-refractivity contribution in [1.29, 1.82) is 0 Å². The van der Waals surface area contributed by atoms with E-state index >= 15 is 0 Å². The minimum Gasteiger partial charge on any atom is -0.381 e. The summed E-state index contributed by atoms with van der Waals surface area (Å²) < 4.78 is 1.36. The van der Waals surface area contributed by atoms with E-state index in [-0.39, 0.29) is 11.5 Å². The molecule has 0 bridgehead atoms. The Kier molecular flexibility index (Phi) is 2.79. The van der Waals surface area contributed by atoms with Gasteiger partial charge in [-0.3, -0.25) is 10.1 Å². The summed E-state index contributed by atoms with van der Waals surface area (Å²) in [6.45, 7) is 3.18. The molecule has 0 aliphatic rings. The summed E-state index contributed by atoms with van der Waals surface area (Å²) >= 11 is 0. The lowest BCUT2D eigenvalue weighted by Gasteiger charge is -2.07. The molecule has 1 aromatic carbocycles. The second-order valence-electron chi connectivity index (χ2n) is 4.61. The first-order valence-corrected chi connectivity index (χ1v) is 6.22. The molecule has 106 valence electrons. The molecule has 0 radical (unpaired) electrons. The quantitative estimate of drug-likeness (QED) is 0.568. The molecular formula is C13H12N6O2. The molecule has 0 fully saturated rings. The second-order valence-corrected chi connectivity index (χ2v) is 4.61. The summed E-state index contributed by atoms with van der Waals surface area (Å²) in [5, 5.41) is 15.2. The van der Waals surface area contributed by atoms with E-state index in [9.17, 15) is 10.1 Å². The van der Waals surface area contributed by atoms with Gasteiger partial charge in [0.1, 0.15) is 11.4 Å². The molecule has 2 aromatic heterocycles. The van der Waals surface area contributed by atoms with Crippen LogP contribution in [-0.4, -0.2) is 24.7 Å². The number of benzene rings is 1. The van der Waals surface area contributed by atoms with E-state index in [2.05, 4.69) is 15.1 Å². The Hall–Kier alpha value is -3.03. The highest BCUT2D eigenvalue weighted by Gasteiger charge is 2.24. The van der Waals surface area contributed by atoms with Gasteiger partial charge in [-0.15, -0.1) is 0 Å². The van der Waals surface area contributed by atoms with Crippen LogP contribution in [0.5, 0.6) is 0 Å². The van der Waals surface area contributed by atoms with Crippen LogP contribution in [0.1, 0.15) is 11.4 Å². The fraction of sp³-hybridized carbons (Fsp3) is 0.154. The topological polar surface area (TPSA) is 113 Å². The van der Waals surface area contributed by atoms with Crippen molar-refractivity contribution in [3.8, 4) is 5.82 Å². The largest absolute Gasteiger partial charge is 0.381 e. The molecule has 2 heterocycles. The van der Waals surface area contributed by atoms with Crippen LogP contribution in [0.4, 0.5) is 11.5 Å². The minimum atomic E-state index is -0.459. The Morgan fingerprint density at radius 1 is 1.19 bits per heavy atom. The first kappa shape index (κ1) is 13.0. The number of hydrogen-bond donors (Lipinski definition) is 1. The molecule has 8 nitrogen and oxygen atoms in total. The van der Waals surface area contributed by atoms with Crippen LogP contribution in [-0.2, 0) is 0 Å². The number of aromatic nitrogens is 4. The highest BCUT2D eigenvalue weighted by atomic mass is 16.6. The predicted molar refractivity (Wildman–Crippen MR) is 77.2 cm³/mol. The van der Waals surface area contributed by atoms with Gasteiger partial charge in [-0.2, -0.15) is 5.10 Å². The van der Waals surface area contributed by atoms with E-state index in [4.69, 9.17) is 5.73 Å². The van der Waals surface area contributed by atoms with Gasteiger partial charge in [-0.1, -0.05) is 12.1 Å². The van der Waals surface area contributed by atoms with Crippen LogP contribution in [0, 0.1) is 24.0 Å². The van der Waals surface area contributed by atoms with E-state index in [0.29, 0.717) is 28.2 Å². The molecule has 0 spiro atoms. The van der Waals surface area contributed by atoms with Crippen LogP contribution in [0.2, 0.25) is 0 Å². The van der Waals surface area contributed by atoms with Gasteiger partial charge in [0.05, 0.1) is 16.0 Å². The number of anilines is 1. The summed E-state index contributed by atoms with van der Waals surface area (Å²) in [6, 6.07) is 7.27. The van der Waals surface area contributed by atoms with E-state index in [1.807, 2.05) is 12.1 Å². The third-order valence-electron chi connectivity index (χ3n) is 3.21. The molecule has 8 heteroatoms. The second kappa shape index (κ2) is 4.51. The summed E-state index contributed by atoms with van der Waals surface area (Å²) in [7, 11) is 0. The van der Waals surface area contributed by atoms with E-state index in [1.165, 1.54) is 4.68 Å². The van der Waals surface area contributed by atoms with Crippen molar-refractivity contribution >= 4 is 22.5 Å². The number of nitrogens with two attached hydrogens (primary N) is 1. The lowest BCUT2D eigenvalue weighted by Crippen LogP contribution is -2.08. The summed E-state index contributed by atoms with van der Waals surface area (Å²) in [5.74, 6) is 0.469. The Labute approximate surface area is 119 Å². The molecule has 0 amide bonds. The fourth-order valence-corrected chi connectivity index (χ4v) is 2.27. The highest BCUT2D eigenvalue weighted by molar-refractivity contribution is 5.77. The first-order chi connectivity index (χ1) is 9.99. The van der Waals surface area contributed by atoms with Crippen molar-refractivity contribution < 1.29 is 4.92 Å². The number of nitro groups is 1. The highest BCUT2D eigenvalue weighted by Crippen LogP contribution is 2.26. The summed E-state index contributed by atoms with van der Waals surface area (Å²) in [5.41, 5.74) is 7.87. The molecule has 0 saturated heterocycles. The zero-order valence-electron chi connectivity index (χ0n) is 11.4. The van der Waals surface area contributed by atoms with Crippen LogP contribution in [0.15, 0.2) is 24.3 Å². The van der Waals surface area contributed by atoms with Gasteiger partial charge in [0.2, 0.25) is 0 Å². The maximum Gasteiger partial charge on any atom is 0.313 e. The number of nitrogen functional groups attached to an aromatic ring is 1. The first-order valence-electron chi connectivity index (χ1n) is 6.22. The normalized spacial score (nSPS) is 11.0. The Balaban J connectivity index is 2.28. The molecule has 3 rings (SSSR count). The molecule has 0 unspecified atom stereocenters. The maximum absolute atomic E-state index is 11.1. The van der Waals surface area contributed by atoms with Crippen LogP contribution < -0.4 is 5.73 Å². The summed E-state index contributed by atoms with van der Waals surface area (Å²) in [6.07, 6.45) is 0. The zero-order chi connectivity index (χ0) is 15.1. The fourth-order valence-electron chi connectivity index (χ4n) is 2.27. The molecule has 2 N–H and O–H groups in total.